The summed E-state index contributed by atoms with van der Waals surface area (Å²) < 4.78 is 23.9. The smallest absolute Gasteiger partial charge is 0.254 e. The van der Waals surface area contributed by atoms with Crippen molar-refractivity contribution in [2.45, 2.75) is 41.5 Å². The van der Waals surface area contributed by atoms with Crippen molar-refractivity contribution >= 4 is 40.4 Å². The number of hydrogen-bond acceptors (Lipinski definition) is 7. The second kappa shape index (κ2) is 7.32. The Morgan fingerprint density at radius 1 is 1.33 bits per heavy atom. The molecule has 1 amide bonds. The first-order valence-corrected chi connectivity index (χ1v) is 12.6. The number of alkyl halides is 1. The van der Waals surface area contributed by atoms with Crippen LogP contribution in [0.15, 0.2) is 58.1 Å². The standard InChI is InChI=1S/C24H23FN4O2S2/c1-23(2,31)16-10-24(25)19-12(8-15(16)20(19)24)11-27-21(30)14-4-3-7-26-22(14)32-13-5-6-17-18(9-13)29-33-28-17/h3-9,15-16,19-20,31H,10-11H2,1-2H3,(H,27,30). The maximum Gasteiger partial charge on any atom is 0.254 e. The molecule has 2 aromatic heterocycles. The first kappa shape index (κ1) is 21.2. The minimum absolute atomic E-state index is 0.0412. The molecule has 5 unspecified atom stereocenters. The highest BCUT2D eigenvalue weighted by Crippen LogP contribution is 2.75. The van der Waals surface area contributed by atoms with E-state index in [9.17, 15) is 9.90 Å². The van der Waals surface area contributed by atoms with E-state index in [1.54, 1.807) is 32.2 Å². The van der Waals surface area contributed by atoms with E-state index in [2.05, 4.69) is 25.1 Å². The van der Waals surface area contributed by atoms with Crippen molar-refractivity contribution in [2.75, 3.05) is 6.54 Å². The highest BCUT2D eigenvalue weighted by molar-refractivity contribution is 7.99. The predicted molar refractivity (Wildman–Crippen MR) is 125 cm³/mol. The first-order valence-electron chi connectivity index (χ1n) is 11.0. The molecule has 0 bridgehead atoms. The van der Waals surface area contributed by atoms with Gasteiger partial charge in [0.15, 0.2) is 0 Å². The minimum Gasteiger partial charge on any atom is -0.390 e. The van der Waals surface area contributed by atoms with E-state index < -0.39 is 11.3 Å². The SMILES string of the molecule is CC(C)(O)C1CC2(F)C3C(CNC(=O)c4cccnc4Sc4ccc5nsnc5c4)=CC1C32. The van der Waals surface area contributed by atoms with E-state index in [1.165, 1.54) is 23.5 Å². The molecule has 0 spiro atoms. The second-order valence-electron chi connectivity index (χ2n) is 9.77. The summed E-state index contributed by atoms with van der Waals surface area (Å²) in [4.78, 5) is 18.4. The molecule has 0 aliphatic heterocycles. The summed E-state index contributed by atoms with van der Waals surface area (Å²) in [5.74, 6) is -0.426. The maximum absolute atomic E-state index is 15.4. The summed E-state index contributed by atoms with van der Waals surface area (Å²) in [6.07, 6.45) is 4.16. The second-order valence-corrected chi connectivity index (χ2v) is 11.4. The Bertz CT molecular complexity index is 1300. The van der Waals surface area contributed by atoms with Crippen molar-refractivity contribution in [3.8, 4) is 0 Å². The van der Waals surface area contributed by atoms with Gasteiger partial charge in [-0.2, -0.15) is 8.75 Å². The molecule has 2 heterocycles. The molecule has 2 fully saturated rings. The molecule has 6 rings (SSSR count). The molecule has 3 aliphatic carbocycles. The molecule has 170 valence electrons. The van der Waals surface area contributed by atoms with E-state index in [0.29, 0.717) is 23.6 Å². The Hall–Kier alpha value is -2.36. The van der Waals surface area contributed by atoms with E-state index in [-0.39, 0.29) is 29.6 Å². The van der Waals surface area contributed by atoms with Crippen molar-refractivity contribution in [1.29, 1.82) is 0 Å². The maximum atomic E-state index is 15.4. The van der Waals surface area contributed by atoms with E-state index >= 15 is 4.39 Å². The molecule has 2 N–H and O–H groups in total. The number of rotatable bonds is 6. The fourth-order valence-electron chi connectivity index (χ4n) is 5.82. The van der Waals surface area contributed by atoms with Crippen LogP contribution >= 0.6 is 23.5 Å². The quantitative estimate of drug-likeness (QED) is 0.510. The average molecular weight is 483 g/mol. The fourth-order valence-corrected chi connectivity index (χ4v) is 7.26. The summed E-state index contributed by atoms with van der Waals surface area (Å²) >= 11 is 2.57. The van der Waals surface area contributed by atoms with Crippen LogP contribution in [0.2, 0.25) is 0 Å². The molecule has 3 aromatic rings. The van der Waals surface area contributed by atoms with Gasteiger partial charge in [0.1, 0.15) is 21.7 Å². The minimum atomic E-state index is -1.22. The highest BCUT2D eigenvalue weighted by Gasteiger charge is 2.78. The zero-order chi connectivity index (χ0) is 23.0. The third-order valence-electron chi connectivity index (χ3n) is 7.36. The average Bonchev–Trinajstić information content (AvgIpc) is 3.14. The highest BCUT2D eigenvalue weighted by atomic mass is 32.2. The topological polar surface area (TPSA) is 88.0 Å². The number of aliphatic hydroxyl groups is 1. The molecule has 1 aromatic carbocycles. The number of pyridine rings is 1. The number of hydrogen-bond donors (Lipinski definition) is 2. The van der Waals surface area contributed by atoms with Crippen molar-refractivity contribution in [2.24, 2.45) is 23.7 Å². The molecule has 3 aliphatic rings. The zero-order valence-corrected chi connectivity index (χ0v) is 19.8. The molecule has 0 radical (unpaired) electrons. The van der Waals surface area contributed by atoms with Gasteiger partial charge in [-0.25, -0.2) is 9.37 Å². The van der Waals surface area contributed by atoms with E-state index in [1.807, 2.05) is 18.2 Å². The Kier molecular flexibility index (Phi) is 4.70. The molecular formula is C24H23FN4O2S2. The van der Waals surface area contributed by atoms with E-state index in [4.69, 9.17) is 0 Å². The van der Waals surface area contributed by atoms with Crippen molar-refractivity contribution in [1.82, 2.24) is 19.0 Å². The number of benzene rings is 1. The third-order valence-corrected chi connectivity index (χ3v) is 8.92. The number of nitrogens with zero attached hydrogens (tertiary/aromatic N) is 3. The van der Waals surface area contributed by atoms with Crippen LogP contribution in [0.5, 0.6) is 0 Å². The Morgan fingerprint density at radius 3 is 2.94 bits per heavy atom. The number of halogens is 1. The number of carbonyl (C=O) groups excluding carboxylic acids is 1. The number of nitrogens with one attached hydrogen (secondary N) is 1. The van der Waals surface area contributed by atoms with Crippen LogP contribution in [-0.4, -0.2) is 42.6 Å². The zero-order valence-electron chi connectivity index (χ0n) is 18.2. The van der Waals surface area contributed by atoms with Gasteiger partial charge in [0.05, 0.1) is 22.9 Å². The molecule has 5 atom stereocenters. The predicted octanol–water partition coefficient (Wildman–Crippen LogP) is 4.27. The molecule has 6 nitrogen and oxygen atoms in total. The van der Waals surface area contributed by atoms with Crippen LogP contribution in [-0.2, 0) is 0 Å². The van der Waals surface area contributed by atoms with Crippen LogP contribution in [0, 0.1) is 23.7 Å². The lowest BCUT2D eigenvalue weighted by Crippen LogP contribution is -2.34. The Labute approximate surface area is 199 Å². The third kappa shape index (κ3) is 3.40. The summed E-state index contributed by atoms with van der Waals surface area (Å²) in [5.41, 5.74) is 0.972. The van der Waals surface area contributed by atoms with Crippen LogP contribution in [0.4, 0.5) is 4.39 Å². The van der Waals surface area contributed by atoms with Crippen LogP contribution in [0.25, 0.3) is 11.0 Å². The van der Waals surface area contributed by atoms with Crippen molar-refractivity contribution in [3.05, 3.63) is 53.7 Å². The normalized spacial score (nSPS) is 29.8. The monoisotopic (exact) mass is 482 g/mol. The molecular weight excluding hydrogens is 459 g/mol. The largest absolute Gasteiger partial charge is 0.390 e. The number of fused-ring (bicyclic) bond motifs is 2. The van der Waals surface area contributed by atoms with Gasteiger partial charge in [0.2, 0.25) is 0 Å². The molecule has 33 heavy (non-hydrogen) atoms. The van der Waals surface area contributed by atoms with Crippen molar-refractivity contribution < 1.29 is 14.3 Å². The lowest BCUT2D eigenvalue weighted by molar-refractivity contribution is -0.00292. The van der Waals surface area contributed by atoms with Crippen molar-refractivity contribution in [3.63, 3.8) is 0 Å². The van der Waals surface area contributed by atoms with Gasteiger partial charge in [-0.3, -0.25) is 4.79 Å². The Balaban J connectivity index is 1.17. The van der Waals surface area contributed by atoms with Gasteiger partial charge in [-0.15, -0.1) is 0 Å². The number of carbonyl (C=O) groups is 1. The summed E-state index contributed by atoms with van der Waals surface area (Å²) in [7, 11) is 0. The first-order chi connectivity index (χ1) is 15.8. The van der Waals surface area contributed by atoms with Gasteiger partial charge in [0.25, 0.3) is 5.91 Å². The summed E-state index contributed by atoms with van der Waals surface area (Å²) in [5, 5.41) is 14.0. The Morgan fingerprint density at radius 2 is 2.15 bits per heavy atom. The van der Waals surface area contributed by atoms with Crippen LogP contribution < -0.4 is 5.32 Å². The molecule has 9 heteroatoms. The number of allylic oxidation sites excluding steroid dienone is 1. The fraction of sp³-hybridized carbons (Fsp3) is 0.417. The van der Waals surface area contributed by atoms with Gasteiger partial charge in [-0.05, 0) is 68.0 Å². The van der Waals surface area contributed by atoms with Gasteiger partial charge < -0.3 is 10.4 Å². The van der Waals surface area contributed by atoms with E-state index in [0.717, 1.165) is 21.5 Å². The van der Waals surface area contributed by atoms with Crippen LogP contribution in [0.3, 0.4) is 0 Å². The molecule has 0 saturated heterocycles. The lowest BCUT2D eigenvalue weighted by atomic mass is 9.80. The van der Waals surface area contributed by atoms with Gasteiger partial charge >= 0.3 is 0 Å². The van der Waals surface area contributed by atoms with Gasteiger partial charge in [0, 0.05) is 29.5 Å². The summed E-state index contributed by atoms with van der Waals surface area (Å²) in [6.45, 7) is 3.84. The number of amides is 1. The van der Waals surface area contributed by atoms with Crippen LogP contribution in [0.1, 0.15) is 30.6 Å². The lowest BCUT2D eigenvalue weighted by Gasteiger charge is -2.30. The molecule has 2 saturated carbocycles. The number of aromatic nitrogens is 3. The summed E-state index contributed by atoms with van der Waals surface area (Å²) in [6, 6.07) is 9.28. The van der Waals surface area contributed by atoms with Gasteiger partial charge in [-0.1, -0.05) is 17.8 Å².